The number of hydrogen-bond acceptors (Lipinski definition) is 3. The maximum atomic E-state index is 13.3. The first-order valence-electron chi connectivity index (χ1n) is 10.5. The Kier molecular flexibility index (Phi) is 4.66. The molecule has 0 radical (unpaired) electrons. The average molecular weight is 409 g/mol. The highest BCUT2D eigenvalue weighted by molar-refractivity contribution is 6.10. The second-order valence-corrected chi connectivity index (χ2v) is 8.21. The minimum atomic E-state index is -0.0118. The zero-order chi connectivity index (χ0) is 21.5. The zero-order valence-corrected chi connectivity index (χ0v) is 17.9. The Hall–Kier alpha value is -3.73. The predicted octanol–water partition coefficient (Wildman–Crippen LogP) is 5.66. The Balaban J connectivity index is 1.49. The third kappa shape index (κ3) is 3.32. The van der Waals surface area contributed by atoms with Crippen LogP contribution in [0.5, 0.6) is 0 Å². The highest BCUT2D eigenvalue weighted by atomic mass is 16.2. The van der Waals surface area contributed by atoms with E-state index in [1.54, 1.807) is 11.1 Å². The standard InChI is InChI=1S/C26H24N4O/c1-17(2)29-14-13-27-25(29)23-9-6-10-24(28-23)30-16-20-12-11-19(15-22(20)26(30)31)21-8-5-4-7-18(21)3/h4-15,17H,16H2,1-3H3. The Bertz CT molecular complexity index is 1290. The van der Waals surface area contributed by atoms with Crippen LogP contribution in [0.4, 0.5) is 5.82 Å². The molecule has 0 spiro atoms. The van der Waals surface area contributed by atoms with Gasteiger partial charge in [0.05, 0.1) is 6.54 Å². The lowest BCUT2D eigenvalue weighted by molar-refractivity contribution is 0.0996. The molecule has 0 fully saturated rings. The highest BCUT2D eigenvalue weighted by Crippen LogP contribution is 2.32. The van der Waals surface area contributed by atoms with Crippen LogP contribution in [0.1, 0.15) is 41.4 Å². The fourth-order valence-electron chi connectivity index (χ4n) is 4.18. The van der Waals surface area contributed by atoms with Crippen molar-refractivity contribution in [1.29, 1.82) is 0 Å². The predicted molar refractivity (Wildman–Crippen MR) is 123 cm³/mol. The summed E-state index contributed by atoms with van der Waals surface area (Å²) in [5.74, 6) is 1.44. The molecule has 0 saturated carbocycles. The van der Waals surface area contributed by atoms with Crippen molar-refractivity contribution in [3.8, 4) is 22.6 Å². The lowest BCUT2D eigenvalue weighted by atomic mass is 9.97. The maximum absolute atomic E-state index is 13.3. The number of hydrogen-bond donors (Lipinski definition) is 0. The quantitative estimate of drug-likeness (QED) is 0.438. The summed E-state index contributed by atoms with van der Waals surface area (Å²) >= 11 is 0. The number of rotatable bonds is 4. The number of carbonyl (C=O) groups is 1. The van der Waals surface area contributed by atoms with Crippen molar-refractivity contribution in [1.82, 2.24) is 14.5 Å². The Morgan fingerprint density at radius 2 is 1.81 bits per heavy atom. The molecule has 0 atom stereocenters. The van der Waals surface area contributed by atoms with E-state index in [0.717, 1.165) is 33.8 Å². The van der Waals surface area contributed by atoms with Gasteiger partial charge in [-0.1, -0.05) is 42.5 Å². The van der Waals surface area contributed by atoms with E-state index >= 15 is 0 Å². The number of fused-ring (bicyclic) bond motifs is 1. The van der Waals surface area contributed by atoms with E-state index in [0.29, 0.717) is 12.4 Å². The van der Waals surface area contributed by atoms with Gasteiger partial charge in [-0.2, -0.15) is 0 Å². The second kappa shape index (κ2) is 7.51. The van der Waals surface area contributed by atoms with Crippen LogP contribution < -0.4 is 4.90 Å². The van der Waals surface area contributed by atoms with Crippen LogP contribution in [0.3, 0.4) is 0 Å². The van der Waals surface area contributed by atoms with Crippen LogP contribution >= 0.6 is 0 Å². The third-order valence-corrected chi connectivity index (χ3v) is 5.83. The van der Waals surface area contributed by atoms with Crippen LogP contribution in [0, 0.1) is 6.92 Å². The molecule has 31 heavy (non-hydrogen) atoms. The van der Waals surface area contributed by atoms with Gasteiger partial charge in [-0.15, -0.1) is 0 Å². The second-order valence-electron chi connectivity index (χ2n) is 8.21. The van der Waals surface area contributed by atoms with Gasteiger partial charge in [-0.25, -0.2) is 9.97 Å². The highest BCUT2D eigenvalue weighted by Gasteiger charge is 2.30. The summed E-state index contributed by atoms with van der Waals surface area (Å²) in [4.78, 5) is 24.3. The lowest BCUT2D eigenvalue weighted by Crippen LogP contribution is -2.24. The van der Waals surface area contributed by atoms with Crippen molar-refractivity contribution in [2.24, 2.45) is 0 Å². The monoisotopic (exact) mass is 408 g/mol. The maximum Gasteiger partial charge on any atom is 0.260 e. The number of aryl methyl sites for hydroxylation is 1. The molecule has 3 heterocycles. The number of imidazole rings is 1. The average Bonchev–Trinajstić information content (AvgIpc) is 3.39. The molecule has 154 valence electrons. The molecule has 0 saturated heterocycles. The van der Waals surface area contributed by atoms with Crippen molar-refractivity contribution in [3.05, 3.63) is 89.7 Å². The molecule has 5 heteroatoms. The Labute approximate surface area is 182 Å². The number of nitrogens with zero attached hydrogens (tertiary/aromatic N) is 4. The zero-order valence-electron chi connectivity index (χ0n) is 17.9. The van der Waals surface area contributed by atoms with Gasteiger partial charge in [-0.3, -0.25) is 9.69 Å². The molecule has 2 aromatic heterocycles. The number of amides is 1. The van der Waals surface area contributed by atoms with Gasteiger partial charge in [-0.05, 0) is 61.2 Å². The molecule has 0 N–H and O–H groups in total. The van der Waals surface area contributed by atoms with Gasteiger partial charge in [0.15, 0.2) is 5.82 Å². The molecule has 1 aliphatic rings. The van der Waals surface area contributed by atoms with Gasteiger partial charge >= 0.3 is 0 Å². The molecule has 1 aliphatic heterocycles. The molecular weight excluding hydrogens is 384 g/mol. The van der Waals surface area contributed by atoms with Crippen molar-refractivity contribution in [3.63, 3.8) is 0 Å². The van der Waals surface area contributed by atoms with Crippen molar-refractivity contribution in [2.45, 2.75) is 33.4 Å². The van der Waals surface area contributed by atoms with Gasteiger partial charge in [0.25, 0.3) is 5.91 Å². The number of anilines is 1. The molecule has 4 aromatic rings. The summed E-state index contributed by atoms with van der Waals surface area (Å²) < 4.78 is 2.08. The van der Waals surface area contributed by atoms with Gasteiger partial charge < -0.3 is 4.57 Å². The van der Waals surface area contributed by atoms with Crippen LogP contribution in [0.2, 0.25) is 0 Å². The first kappa shape index (κ1) is 19.2. The first-order chi connectivity index (χ1) is 15.0. The summed E-state index contributed by atoms with van der Waals surface area (Å²) in [7, 11) is 0. The van der Waals surface area contributed by atoms with E-state index in [-0.39, 0.29) is 11.9 Å². The van der Waals surface area contributed by atoms with Gasteiger partial charge in [0.1, 0.15) is 11.5 Å². The minimum Gasteiger partial charge on any atom is -0.327 e. The van der Waals surface area contributed by atoms with Crippen molar-refractivity contribution < 1.29 is 4.79 Å². The van der Waals surface area contributed by atoms with Crippen molar-refractivity contribution in [2.75, 3.05) is 4.90 Å². The number of carbonyl (C=O) groups excluding carboxylic acids is 1. The first-order valence-corrected chi connectivity index (χ1v) is 10.5. The van der Waals surface area contributed by atoms with Crippen LogP contribution in [0.25, 0.3) is 22.6 Å². The van der Waals surface area contributed by atoms with Crippen LogP contribution in [0.15, 0.2) is 73.1 Å². The van der Waals surface area contributed by atoms with Gasteiger partial charge in [0.2, 0.25) is 0 Å². The Morgan fingerprint density at radius 1 is 0.968 bits per heavy atom. The third-order valence-electron chi connectivity index (χ3n) is 5.83. The van der Waals surface area contributed by atoms with E-state index in [1.165, 1.54) is 5.56 Å². The number of aromatic nitrogens is 3. The van der Waals surface area contributed by atoms with E-state index in [2.05, 4.69) is 54.6 Å². The molecule has 5 rings (SSSR count). The summed E-state index contributed by atoms with van der Waals surface area (Å²) in [6.45, 7) is 6.84. The number of pyridine rings is 1. The molecule has 0 unspecified atom stereocenters. The van der Waals surface area contributed by atoms with E-state index < -0.39 is 0 Å². The SMILES string of the molecule is Cc1ccccc1-c1ccc2c(c1)C(=O)N(c1cccc(-c3nccn3C(C)C)n1)C2. The molecule has 1 amide bonds. The van der Waals surface area contributed by atoms with Crippen LogP contribution in [-0.4, -0.2) is 20.4 Å². The van der Waals surface area contributed by atoms with E-state index in [4.69, 9.17) is 4.98 Å². The van der Waals surface area contributed by atoms with Crippen molar-refractivity contribution >= 4 is 11.7 Å². The summed E-state index contributed by atoms with van der Waals surface area (Å²) in [6.07, 6.45) is 3.74. The topological polar surface area (TPSA) is 51.0 Å². The van der Waals surface area contributed by atoms with Gasteiger partial charge in [0, 0.05) is 24.0 Å². The summed E-state index contributed by atoms with van der Waals surface area (Å²) in [5.41, 5.74) is 5.94. The van der Waals surface area contributed by atoms with E-state index in [9.17, 15) is 4.79 Å². The fraction of sp³-hybridized carbons (Fsp3) is 0.192. The normalized spacial score (nSPS) is 13.2. The Morgan fingerprint density at radius 3 is 2.61 bits per heavy atom. The molecule has 0 aliphatic carbocycles. The minimum absolute atomic E-state index is 0.0118. The molecular formula is C26H24N4O. The molecule has 0 bridgehead atoms. The summed E-state index contributed by atoms with van der Waals surface area (Å²) in [6, 6.07) is 20.5. The van der Waals surface area contributed by atoms with Crippen LogP contribution in [-0.2, 0) is 6.54 Å². The fourth-order valence-corrected chi connectivity index (χ4v) is 4.18. The van der Waals surface area contributed by atoms with E-state index in [1.807, 2.05) is 42.6 Å². The molecule has 2 aromatic carbocycles. The largest absolute Gasteiger partial charge is 0.327 e. The molecule has 5 nitrogen and oxygen atoms in total. The lowest BCUT2D eigenvalue weighted by Gasteiger charge is -2.16. The number of benzene rings is 2. The smallest absolute Gasteiger partial charge is 0.260 e. The summed E-state index contributed by atoms with van der Waals surface area (Å²) in [5, 5.41) is 0.